The van der Waals surface area contributed by atoms with E-state index in [1.807, 2.05) is 0 Å². The number of rotatable bonds is 12. The molecule has 0 fully saturated rings. The zero-order chi connectivity index (χ0) is 15.5. The highest BCUT2D eigenvalue weighted by Crippen LogP contribution is 2.22. The Morgan fingerprint density at radius 3 is 2.67 bits per heavy atom. The number of aromatic nitrogens is 2. The molecule has 6 heteroatoms. The molecule has 0 aromatic carbocycles. The highest BCUT2D eigenvalue weighted by atomic mass is 79.9. The quantitative estimate of drug-likeness (QED) is 0.581. The second kappa shape index (κ2) is 11.2. The summed E-state index contributed by atoms with van der Waals surface area (Å²) in [5.41, 5.74) is 2.38. The normalized spacial score (nSPS) is 11.2. The van der Waals surface area contributed by atoms with Gasteiger partial charge in [-0.2, -0.15) is 5.10 Å². The van der Waals surface area contributed by atoms with Crippen molar-refractivity contribution in [2.75, 3.05) is 33.5 Å². The monoisotopic (exact) mass is 361 g/mol. The van der Waals surface area contributed by atoms with E-state index in [9.17, 15) is 0 Å². The first-order valence-electron chi connectivity index (χ1n) is 7.76. The van der Waals surface area contributed by atoms with Gasteiger partial charge in [-0.25, -0.2) is 0 Å². The van der Waals surface area contributed by atoms with Crippen LogP contribution in [0.25, 0.3) is 0 Å². The Labute approximate surface area is 136 Å². The molecule has 122 valence electrons. The van der Waals surface area contributed by atoms with Crippen LogP contribution in [-0.4, -0.2) is 43.3 Å². The number of nitrogens with one attached hydrogen (secondary N) is 1. The van der Waals surface area contributed by atoms with Crippen molar-refractivity contribution in [1.29, 1.82) is 0 Å². The smallest absolute Gasteiger partial charge is 0.0767 e. The second-order valence-electron chi connectivity index (χ2n) is 4.87. The highest BCUT2D eigenvalue weighted by molar-refractivity contribution is 9.10. The number of hydrogen-bond acceptors (Lipinski definition) is 4. The molecule has 0 saturated carbocycles. The summed E-state index contributed by atoms with van der Waals surface area (Å²) in [4.78, 5) is 0. The maximum atomic E-state index is 5.44. The molecule has 0 amide bonds. The first kappa shape index (κ1) is 18.6. The summed E-state index contributed by atoms with van der Waals surface area (Å²) in [7, 11) is 1.69. The van der Waals surface area contributed by atoms with Crippen molar-refractivity contribution in [2.24, 2.45) is 0 Å². The third-order valence-electron chi connectivity index (χ3n) is 3.31. The minimum Gasteiger partial charge on any atom is -0.382 e. The molecule has 0 bridgehead atoms. The van der Waals surface area contributed by atoms with Gasteiger partial charge >= 0.3 is 0 Å². The number of methoxy groups -OCH3 is 1. The van der Waals surface area contributed by atoms with Gasteiger partial charge in [-0.15, -0.1) is 0 Å². The van der Waals surface area contributed by atoms with Gasteiger partial charge in [0.15, 0.2) is 0 Å². The van der Waals surface area contributed by atoms with Crippen molar-refractivity contribution < 1.29 is 9.47 Å². The Morgan fingerprint density at radius 2 is 2.00 bits per heavy atom. The van der Waals surface area contributed by atoms with Crippen molar-refractivity contribution >= 4 is 15.9 Å². The average molecular weight is 362 g/mol. The fraction of sp³-hybridized carbons (Fsp3) is 0.800. The molecule has 0 unspecified atom stereocenters. The maximum Gasteiger partial charge on any atom is 0.0767 e. The number of nitrogens with zero attached hydrogens (tertiary/aromatic N) is 2. The van der Waals surface area contributed by atoms with E-state index < -0.39 is 0 Å². The lowest BCUT2D eigenvalue weighted by atomic mass is 10.3. The van der Waals surface area contributed by atoms with Crippen LogP contribution in [-0.2, 0) is 29.0 Å². The van der Waals surface area contributed by atoms with Crippen molar-refractivity contribution in [3.8, 4) is 0 Å². The van der Waals surface area contributed by atoms with Crippen LogP contribution in [0.15, 0.2) is 4.47 Å². The second-order valence-corrected chi connectivity index (χ2v) is 5.66. The number of unbranched alkanes of at least 4 members (excludes halogenated alkanes) is 1. The van der Waals surface area contributed by atoms with Crippen LogP contribution in [0.4, 0.5) is 0 Å². The zero-order valence-corrected chi connectivity index (χ0v) is 15.0. The Balaban J connectivity index is 2.19. The summed E-state index contributed by atoms with van der Waals surface area (Å²) in [6.07, 6.45) is 3.15. The van der Waals surface area contributed by atoms with Crippen molar-refractivity contribution in [3.63, 3.8) is 0 Å². The van der Waals surface area contributed by atoms with Crippen LogP contribution in [0, 0.1) is 0 Å². The van der Waals surface area contributed by atoms with E-state index >= 15 is 0 Å². The molecule has 21 heavy (non-hydrogen) atoms. The number of hydrogen-bond donors (Lipinski definition) is 1. The van der Waals surface area contributed by atoms with Gasteiger partial charge in [0.05, 0.1) is 29.1 Å². The van der Waals surface area contributed by atoms with Crippen LogP contribution >= 0.6 is 15.9 Å². The van der Waals surface area contributed by atoms with E-state index in [1.165, 1.54) is 5.69 Å². The molecule has 0 atom stereocenters. The van der Waals surface area contributed by atoms with Gasteiger partial charge in [0, 0.05) is 26.8 Å². The van der Waals surface area contributed by atoms with Crippen LogP contribution < -0.4 is 5.32 Å². The van der Waals surface area contributed by atoms with Crippen LogP contribution in [0.5, 0.6) is 0 Å². The van der Waals surface area contributed by atoms with Gasteiger partial charge in [0.2, 0.25) is 0 Å². The minimum absolute atomic E-state index is 0.674. The van der Waals surface area contributed by atoms with E-state index in [-0.39, 0.29) is 0 Å². The number of aryl methyl sites for hydroxylation is 2. The van der Waals surface area contributed by atoms with Gasteiger partial charge in [-0.05, 0) is 48.7 Å². The van der Waals surface area contributed by atoms with Crippen molar-refractivity contribution in [2.45, 2.75) is 46.2 Å². The molecule has 1 heterocycles. The lowest BCUT2D eigenvalue weighted by Gasteiger charge is -2.08. The molecule has 0 saturated heterocycles. The molecule has 0 spiro atoms. The molecule has 1 aromatic rings. The molecule has 0 radical (unpaired) electrons. The molecular weight excluding hydrogens is 334 g/mol. The highest BCUT2D eigenvalue weighted by Gasteiger charge is 2.12. The van der Waals surface area contributed by atoms with Crippen LogP contribution in [0.1, 0.15) is 38.1 Å². The summed E-state index contributed by atoms with van der Waals surface area (Å²) < 4.78 is 13.6. The summed E-state index contributed by atoms with van der Waals surface area (Å²) in [5, 5.41) is 8.09. The lowest BCUT2D eigenvalue weighted by molar-refractivity contribution is 0.0688. The minimum atomic E-state index is 0.674. The summed E-state index contributed by atoms with van der Waals surface area (Å²) >= 11 is 3.67. The van der Waals surface area contributed by atoms with E-state index in [0.717, 1.165) is 55.7 Å². The topological polar surface area (TPSA) is 48.3 Å². The average Bonchev–Trinajstić information content (AvgIpc) is 2.81. The third kappa shape index (κ3) is 6.46. The van der Waals surface area contributed by atoms with E-state index in [4.69, 9.17) is 9.47 Å². The van der Waals surface area contributed by atoms with Crippen molar-refractivity contribution in [3.05, 3.63) is 15.9 Å². The molecule has 0 aliphatic rings. The maximum absolute atomic E-state index is 5.44. The van der Waals surface area contributed by atoms with Gasteiger partial charge < -0.3 is 14.8 Å². The van der Waals surface area contributed by atoms with E-state index in [2.05, 4.69) is 44.9 Å². The third-order valence-corrected chi connectivity index (χ3v) is 4.23. The van der Waals surface area contributed by atoms with Gasteiger partial charge in [0.25, 0.3) is 0 Å². The molecule has 0 aliphatic carbocycles. The first-order valence-corrected chi connectivity index (χ1v) is 8.55. The summed E-state index contributed by atoms with van der Waals surface area (Å²) in [6.45, 7) is 9.18. The Morgan fingerprint density at radius 1 is 1.19 bits per heavy atom. The molecular formula is C15H28BrN3O2. The number of ether oxygens (including phenoxy) is 2. The van der Waals surface area contributed by atoms with Crippen molar-refractivity contribution in [1.82, 2.24) is 15.1 Å². The molecule has 1 aromatic heterocycles. The SMILES string of the molecule is CCc1nn(CC)c(CNCCCCOCCOC)c1Br. The van der Waals surface area contributed by atoms with Gasteiger partial charge in [-0.1, -0.05) is 6.92 Å². The summed E-state index contributed by atoms with van der Waals surface area (Å²) in [6, 6.07) is 0. The van der Waals surface area contributed by atoms with Gasteiger partial charge in [0.1, 0.15) is 0 Å². The fourth-order valence-electron chi connectivity index (χ4n) is 2.09. The molecule has 0 aliphatic heterocycles. The number of halogens is 1. The fourth-order valence-corrected chi connectivity index (χ4v) is 2.80. The predicted molar refractivity (Wildman–Crippen MR) is 88.6 cm³/mol. The summed E-state index contributed by atoms with van der Waals surface area (Å²) in [5.74, 6) is 0. The Hall–Kier alpha value is -0.430. The van der Waals surface area contributed by atoms with Crippen LogP contribution in [0.3, 0.4) is 0 Å². The Bertz CT molecular complexity index is 397. The van der Waals surface area contributed by atoms with Gasteiger partial charge in [-0.3, -0.25) is 4.68 Å². The first-order chi connectivity index (χ1) is 10.2. The standard InChI is InChI=1S/C15H28BrN3O2/c1-4-13-15(16)14(19(5-2)18-13)12-17-8-6-7-9-21-11-10-20-3/h17H,4-12H2,1-3H3. The zero-order valence-electron chi connectivity index (χ0n) is 13.5. The largest absolute Gasteiger partial charge is 0.382 e. The van der Waals surface area contributed by atoms with Crippen LogP contribution in [0.2, 0.25) is 0 Å². The molecule has 1 N–H and O–H groups in total. The molecule has 5 nitrogen and oxygen atoms in total. The molecule has 1 rings (SSSR count). The van der Waals surface area contributed by atoms with E-state index in [1.54, 1.807) is 7.11 Å². The predicted octanol–water partition coefficient (Wildman–Crippen LogP) is 2.76. The lowest BCUT2D eigenvalue weighted by Crippen LogP contribution is -2.18. The Kier molecular flexibility index (Phi) is 9.91. The van der Waals surface area contributed by atoms with E-state index in [0.29, 0.717) is 13.2 Å².